The first-order chi connectivity index (χ1) is 12.9. The van der Waals surface area contributed by atoms with Gasteiger partial charge in [-0.25, -0.2) is 8.42 Å². The molecule has 2 aromatic rings. The summed E-state index contributed by atoms with van der Waals surface area (Å²) < 4.78 is 38.7. The molecule has 0 saturated heterocycles. The number of fused-ring (bicyclic) bond motifs is 2. The van der Waals surface area contributed by atoms with Crippen LogP contribution in [-0.2, 0) is 27.8 Å². The normalized spacial score (nSPS) is 16.5. The quantitative estimate of drug-likeness (QED) is 0.871. The molecule has 0 fully saturated rings. The SMILES string of the molecule is CC(=O)Nc1ccc(S(=O)(=O)N2CCc3cc4c(cc3C2)OCCO4)cc1. The zero-order valence-corrected chi connectivity index (χ0v) is 15.7. The lowest BCUT2D eigenvalue weighted by molar-refractivity contribution is -0.114. The highest BCUT2D eigenvalue weighted by Crippen LogP contribution is 2.36. The Labute approximate surface area is 157 Å². The molecule has 0 aromatic heterocycles. The van der Waals surface area contributed by atoms with Crippen LogP contribution < -0.4 is 14.8 Å². The molecule has 2 aliphatic heterocycles. The van der Waals surface area contributed by atoms with Gasteiger partial charge in [-0.15, -0.1) is 0 Å². The summed E-state index contributed by atoms with van der Waals surface area (Å²) in [7, 11) is -3.62. The third-order valence-corrected chi connectivity index (χ3v) is 6.51. The molecule has 4 rings (SSSR count). The predicted molar refractivity (Wildman–Crippen MR) is 99.5 cm³/mol. The Morgan fingerprint density at radius 2 is 1.67 bits per heavy atom. The minimum absolute atomic E-state index is 0.201. The number of carbonyl (C=O) groups excluding carboxylic acids is 1. The first-order valence-corrected chi connectivity index (χ1v) is 10.2. The number of benzene rings is 2. The summed E-state index contributed by atoms with van der Waals surface area (Å²) in [6, 6.07) is 10.0. The molecule has 7 nitrogen and oxygen atoms in total. The van der Waals surface area contributed by atoms with E-state index in [1.54, 1.807) is 12.1 Å². The maximum atomic E-state index is 13.0. The number of sulfonamides is 1. The van der Waals surface area contributed by atoms with E-state index in [-0.39, 0.29) is 10.8 Å². The number of hydrogen-bond donors (Lipinski definition) is 1. The van der Waals surface area contributed by atoms with Crippen molar-refractivity contribution in [1.29, 1.82) is 0 Å². The monoisotopic (exact) mass is 388 g/mol. The van der Waals surface area contributed by atoms with Gasteiger partial charge in [0, 0.05) is 25.7 Å². The lowest BCUT2D eigenvalue weighted by Crippen LogP contribution is -2.36. The summed E-state index contributed by atoms with van der Waals surface area (Å²) >= 11 is 0. The number of nitrogens with one attached hydrogen (secondary N) is 1. The van der Waals surface area contributed by atoms with Gasteiger partial charge in [-0.2, -0.15) is 4.31 Å². The highest BCUT2D eigenvalue weighted by molar-refractivity contribution is 7.89. The van der Waals surface area contributed by atoms with Gasteiger partial charge in [0.25, 0.3) is 0 Å². The number of carbonyl (C=O) groups is 1. The van der Waals surface area contributed by atoms with E-state index in [2.05, 4.69) is 5.32 Å². The Hall–Kier alpha value is -2.58. The summed E-state index contributed by atoms with van der Waals surface area (Å²) in [5, 5.41) is 2.63. The van der Waals surface area contributed by atoms with Crippen LogP contribution in [0.1, 0.15) is 18.1 Å². The van der Waals surface area contributed by atoms with Crippen LogP contribution in [0, 0.1) is 0 Å². The molecule has 0 unspecified atom stereocenters. The van der Waals surface area contributed by atoms with Crippen molar-refractivity contribution >= 4 is 21.6 Å². The average molecular weight is 388 g/mol. The van der Waals surface area contributed by atoms with Crippen molar-refractivity contribution < 1.29 is 22.7 Å². The number of nitrogens with zero attached hydrogens (tertiary/aromatic N) is 1. The third kappa shape index (κ3) is 3.50. The van der Waals surface area contributed by atoms with Gasteiger partial charge >= 0.3 is 0 Å². The highest BCUT2D eigenvalue weighted by atomic mass is 32.2. The van der Waals surface area contributed by atoms with E-state index in [0.717, 1.165) is 16.9 Å². The van der Waals surface area contributed by atoms with E-state index in [9.17, 15) is 13.2 Å². The van der Waals surface area contributed by atoms with E-state index < -0.39 is 10.0 Å². The van der Waals surface area contributed by atoms with Crippen LogP contribution in [0.2, 0.25) is 0 Å². The van der Waals surface area contributed by atoms with Gasteiger partial charge in [0.05, 0.1) is 4.90 Å². The van der Waals surface area contributed by atoms with Gasteiger partial charge in [-0.1, -0.05) is 0 Å². The summed E-state index contributed by atoms with van der Waals surface area (Å²) in [4.78, 5) is 11.3. The number of hydrogen-bond acceptors (Lipinski definition) is 5. The maximum Gasteiger partial charge on any atom is 0.243 e. The molecule has 0 spiro atoms. The minimum atomic E-state index is -3.62. The van der Waals surface area contributed by atoms with Crippen molar-refractivity contribution in [2.75, 3.05) is 25.1 Å². The fourth-order valence-corrected chi connectivity index (χ4v) is 4.75. The Bertz CT molecular complexity index is 986. The fourth-order valence-electron chi connectivity index (χ4n) is 3.33. The van der Waals surface area contributed by atoms with Crippen molar-refractivity contribution in [1.82, 2.24) is 4.31 Å². The molecule has 2 aliphatic rings. The van der Waals surface area contributed by atoms with Crippen molar-refractivity contribution in [2.24, 2.45) is 0 Å². The molecule has 0 radical (unpaired) electrons. The van der Waals surface area contributed by atoms with Crippen LogP contribution >= 0.6 is 0 Å². The van der Waals surface area contributed by atoms with E-state index in [0.29, 0.717) is 44.2 Å². The molecule has 0 aliphatic carbocycles. The molecule has 0 saturated carbocycles. The van der Waals surface area contributed by atoms with Crippen LogP contribution in [0.5, 0.6) is 11.5 Å². The molecule has 142 valence electrons. The largest absolute Gasteiger partial charge is 0.486 e. The number of rotatable bonds is 3. The molecule has 2 aromatic carbocycles. The summed E-state index contributed by atoms with van der Waals surface area (Å²) in [6.45, 7) is 3.13. The van der Waals surface area contributed by atoms with Crippen LogP contribution in [0.4, 0.5) is 5.69 Å². The average Bonchev–Trinajstić information content (AvgIpc) is 2.66. The molecule has 0 atom stereocenters. The van der Waals surface area contributed by atoms with Crippen molar-refractivity contribution in [3.8, 4) is 11.5 Å². The topological polar surface area (TPSA) is 84.9 Å². The van der Waals surface area contributed by atoms with Gasteiger partial charge in [-0.05, 0) is 53.9 Å². The Kier molecular flexibility index (Phi) is 4.53. The van der Waals surface area contributed by atoms with Crippen molar-refractivity contribution in [3.63, 3.8) is 0 Å². The molecule has 27 heavy (non-hydrogen) atoms. The van der Waals surface area contributed by atoms with Crippen LogP contribution in [0.3, 0.4) is 0 Å². The van der Waals surface area contributed by atoms with Crippen molar-refractivity contribution in [3.05, 3.63) is 47.5 Å². The predicted octanol–water partition coefficient (Wildman–Crippen LogP) is 2.16. The van der Waals surface area contributed by atoms with Crippen LogP contribution in [0.15, 0.2) is 41.3 Å². The second kappa shape index (κ2) is 6.86. The second-order valence-corrected chi connectivity index (χ2v) is 8.50. The number of ether oxygens (including phenoxy) is 2. The zero-order valence-electron chi connectivity index (χ0n) is 14.9. The molecule has 1 N–H and O–H groups in total. The van der Waals surface area contributed by atoms with Crippen LogP contribution in [0.25, 0.3) is 0 Å². The molecule has 0 bridgehead atoms. The first kappa shape index (κ1) is 17.8. The highest BCUT2D eigenvalue weighted by Gasteiger charge is 2.29. The van der Waals surface area contributed by atoms with Crippen LogP contribution in [-0.4, -0.2) is 38.4 Å². The maximum absolute atomic E-state index is 13.0. The lowest BCUT2D eigenvalue weighted by Gasteiger charge is -2.30. The lowest BCUT2D eigenvalue weighted by atomic mass is 10.00. The summed E-state index contributed by atoms with van der Waals surface area (Å²) in [6.07, 6.45) is 0.620. The fraction of sp³-hybridized carbons (Fsp3) is 0.316. The summed E-state index contributed by atoms with van der Waals surface area (Å²) in [5.41, 5.74) is 2.59. The van der Waals surface area contributed by atoms with Gasteiger partial charge < -0.3 is 14.8 Å². The molecule has 2 heterocycles. The Morgan fingerprint density at radius 3 is 2.30 bits per heavy atom. The van der Waals surface area contributed by atoms with E-state index in [1.807, 2.05) is 12.1 Å². The second-order valence-electron chi connectivity index (χ2n) is 6.56. The summed E-state index contributed by atoms with van der Waals surface area (Å²) in [5.74, 6) is 1.19. The molecule has 8 heteroatoms. The minimum Gasteiger partial charge on any atom is -0.486 e. The van der Waals surface area contributed by atoms with Crippen molar-refractivity contribution in [2.45, 2.75) is 24.8 Å². The molecular weight excluding hydrogens is 368 g/mol. The number of anilines is 1. The third-order valence-electron chi connectivity index (χ3n) is 4.65. The Balaban J connectivity index is 1.58. The van der Waals surface area contributed by atoms with Gasteiger partial charge in [0.1, 0.15) is 13.2 Å². The Morgan fingerprint density at radius 1 is 1.04 bits per heavy atom. The molecule has 1 amide bonds. The zero-order chi connectivity index (χ0) is 19.0. The van der Waals surface area contributed by atoms with E-state index in [1.165, 1.54) is 23.4 Å². The van der Waals surface area contributed by atoms with Gasteiger partial charge in [-0.3, -0.25) is 4.79 Å². The van der Waals surface area contributed by atoms with E-state index >= 15 is 0 Å². The first-order valence-electron chi connectivity index (χ1n) is 8.73. The van der Waals surface area contributed by atoms with E-state index in [4.69, 9.17) is 9.47 Å². The molecular formula is C19H20N2O5S. The smallest absolute Gasteiger partial charge is 0.243 e. The standard InChI is InChI=1S/C19H20N2O5S/c1-13(22)20-16-2-4-17(5-3-16)27(23,24)21-7-6-14-10-18-19(11-15(14)12-21)26-9-8-25-18/h2-5,10-11H,6-9,12H2,1H3,(H,20,22). The van der Waals surface area contributed by atoms with Gasteiger partial charge in [0.15, 0.2) is 11.5 Å². The number of amides is 1. The van der Waals surface area contributed by atoms with Gasteiger partial charge in [0.2, 0.25) is 15.9 Å².